The van der Waals surface area contributed by atoms with Crippen molar-refractivity contribution in [3.05, 3.63) is 29.8 Å². The minimum absolute atomic E-state index is 0.0898. The standard InChI is InChI=1S/C16H22O3/c1-18-14-4-2-3-12(9-14)10-16(11-17)7-8-19-15(16)13-5-6-13/h2-4,9,13,15,17H,5-8,10-11H2,1H3. The Morgan fingerprint density at radius 3 is 2.95 bits per heavy atom. The first-order valence-corrected chi connectivity index (χ1v) is 7.13. The Kier molecular flexibility index (Phi) is 3.50. The third-order valence-corrected chi connectivity index (χ3v) is 4.56. The van der Waals surface area contributed by atoms with Crippen LogP contribution in [0.15, 0.2) is 24.3 Å². The number of hydrogen-bond acceptors (Lipinski definition) is 3. The van der Waals surface area contributed by atoms with Crippen molar-refractivity contribution in [1.82, 2.24) is 0 Å². The molecule has 19 heavy (non-hydrogen) atoms. The van der Waals surface area contributed by atoms with Gasteiger partial charge in [0.25, 0.3) is 0 Å². The molecule has 0 spiro atoms. The predicted octanol–water partition coefficient (Wildman–Crippen LogP) is 2.42. The summed E-state index contributed by atoms with van der Waals surface area (Å²) in [7, 11) is 1.69. The third-order valence-electron chi connectivity index (χ3n) is 4.56. The lowest BCUT2D eigenvalue weighted by Gasteiger charge is -2.32. The minimum Gasteiger partial charge on any atom is -0.497 e. The minimum atomic E-state index is -0.0898. The first-order valence-electron chi connectivity index (χ1n) is 7.13. The molecule has 1 heterocycles. The highest BCUT2D eigenvalue weighted by Crippen LogP contribution is 2.49. The zero-order chi connectivity index (χ0) is 13.3. The molecular formula is C16H22O3. The van der Waals surface area contributed by atoms with Crippen LogP contribution in [0.5, 0.6) is 5.75 Å². The van der Waals surface area contributed by atoms with E-state index >= 15 is 0 Å². The Hall–Kier alpha value is -1.06. The summed E-state index contributed by atoms with van der Waals surface area (Å²) in [6, 6.07) is 8.15. The number of hydrogen-bond donors (Lipinski definition) is 1. The molecule has 1 N–H and O–H groups in total. The SMILES string of the molecule is COc1cccc(CC2(CO)CCOC2C2CC2)c1. The lowest BCUT2D eigenvalue weighted by atomic mass is 9.75. The fourth-order valence-electron chi connectivity index (χ4n) is 3.35. The van der Waals surface area contributed by atoms with Crippen molar-refractivity contribution in [3.63, 3.8) is 0 Å². The Bertz CT molecular complexity index is 441. The molecule has 0 amide bonds. The van der Waals surface area contributed by atoms with Crippen LogP contribution in [0.4, 0.5) is 0 Å². The smallest absolute Gasteiger partial charge is 0.119 e. The maximum Gasteiger partial charge on any atom is 0.119 e. The zero-order valence-corrected chi connectivity index (χ0v) is 11.5. The van der Waals surface area contributed by atoms with E-state index in [4.69, 9.17) is 9.47 Å². The van der Waals surface area contributed by atoms with Crippen LogP contribution in [0.1, 0.15) is 24.8 Å². The van der Waals surface area contributed by atoms with E-state index in [2.05, 4.69) is 12.1 Å². The molecule has 2 fully saturated rings. The Morgan fingerprint density at radius 1 is 1.42 bits per heavy atom. The van der Waals surface area contributed by atoms with E-state index in [0.717, 1.165) is 25.2 Å². The summed E-state index contributed by atoms with van der Waals surface area (Å²) in [6.45, 7) is 0.997. The third kappa shape index (κ3) is 2.49. The highest BCUT2D eigenvalue weighted by Gasteiger charge is 2.50. The number of aliphatic hydroxyl groups excluding tert-OH is 1. The molecule has 1 aliphatic carbocycles. The second-order valence-electron chi connectivity index (χ2n) is 5.93. The highest BCUT2D eigenvalue weighted by atomic mass is 16.5. The van der Waals surface area contributed by atoms with Gasteiger partial charge in [0, 0.05) is 12.0 Å². The van der Waals surface area contributed by atoms with E-state index in [0.29, 0.717) is 5.92 Å². The predicted molar refractivity (Wildman–Crippen MR) is 73.3 cm³/mol. The Morgan fingerprint density at radius 2 is 2.26 bits per heavy atom. The van der Waals surface area contributed by atoms with Crippen molar-refractivity contribution in [2.24, 2.45) is 11.3 Å². The summed E-state index contributed by atoms with van der Waals surface area (Å²) in [5.74, 6) is 1.55. The van der Waals surface area contributed by atoms with Gasteiger partial charge in [0.2, 0.25) is 0 Å². The molecule has 1 aromatic rings. The molecular weight excluding hydrogens is 240 g/mol. The number of aliphatic hydroxyl groups is 1. The lowest BCUT2D eigenvalue weighted by Crippen LogP contribution is -2.38. The van der Waals surface area contributed by atoms with Crippen molar-refractivity contribution >= 4 is 0 Å². The van der Waals surface area contributed by atoms with Gasteiger partial charge in [-0.1, -0.05) is 12.1 Å². The van der Waals surface area contributed by atoms with E-state index in [-0.39, 0.29) is 18.1 Å². The van der Waals surface area contributed by atoms with E-state index in [1.807, 2.05) is 12.1 Å². The lowest BCUT2D eigenvalue weighted by molar-refractivity contribution is 0.000566. The van der Waals surface area contributed by atoms with Crippen molar-refractivity contribution < 1.29 is 14.6 Å². The average Bonchev–Trinajstić information content (AvgIpc) is 3.21. The molecule has 104 valence electrons. The average molecular weight is 262 g/mol. The topological polar surface area (TPSA) is 38.7 Å². The van der Waals surface area contributed by atoms with Gasteiger partial charge in [-0.25, -0.2) is 0 Å². The summed E-state index contributed by atoms with van der Waals surface area (Å²) < 4.78 is 11.2. The molecule has 0 radical (unpaired) electrons. The molecule has 2 atom stereocenters. The van der Waals surface area contributed by atoms with Gasteiger partial charge < -0.3 is 14.6 Å². The number of benzene rings is 1. The monoisotopic (exact) mass is 262 g/mol. The van der Waals surface area contributed by atoms with Gasteiger partial charge in [0.15, 0.2) is 0 Å². The number of methoxy groups -OCH3 is 1. The van der Waals surface area contributed by atoms with Crippen LogP contribution in [0.2, 0.25) is 0 Å². The Labute approximate surface area is 114 Å². The van der Waals surface area contributed by atoms with Crippen molar-refractivity contribution in [2.75, 3.05) is 20.3 Å². The van der Waals surface area contributed by atoms with Gasteiger partial charge in [-0.2, -0.15) is 0 Å². The molecule has 1 aliphatic heterocycles. The number of rotatable bonds is 5. The molecule has 0 aromatic heterocycles. The van der Waals surface area contributed by atoms with E-state index in [1.165, 1.54) is 18.4 Å². The van der Waals surface area contributed by atoms with Crippen LogP contribution in [0.3, 0.4) is 0 Å². The normalized spacial score (nSPS) is 30.5. The van der Waals surface area contributed by atoms with Gasteiger partial charge in [0.1, 0.15) is 5.75 Å². The maximum atomic E-state index is 9.94. The van der Waals surface area contributed by atoms with Crippen LogP contribution in [0.25, 0.3) is 0 Å². The zero-order valence-electron chi connectivity index (χ0n) is 11.5. The van der Waals surface area contributed by atoms with Crippen molar-refractivity contribution in [3.8, 4) is 5.75 Å². The summed E-state index contributed by atoms with van der Waals surface area (Å²) in [6.07, 6.45) is 4.59. The second-order valence-corrected chi connectivity index (χ2v) is 5.93. The highest BCUT2D eigenvalue weighted by molar-refractivity contribution is 5.29. The molecule has 3 heteroatoms. The van der Waals surface area contributed by atoms with Gasteiger partial charge in [0.05, 0.1) is 19.8 Å². The molecule has 2 unspecified atom stereocenters. The van der Waals surface area contributed by atoms with Crippen LogP contribution in [-0.4, -0.2) is 31.5 Å². The van der Waals surface area contributed by atoms with E-state index in [9.17, 15) is 5.11 Å². The van der Waals surface area contributed by atoms with Gasteiger partial charge >= 0.3 is 0 Å². The molecule has 2 aliphatic rings. The van der Waals surface area contributed by atoms with Crippen LogP contribution in [0, 0.1) is 11.3 Å². The fourth-order valence-corrected chi connectivity index (χ4v) is 3.35. The van der Waals surface area contributed by atoms with Gasteiger partial charge in [-0.05, 0) is 49.3 Å². The summed E-state index contributed by atoms with van der Waals surface area (Å²) in [5, 5.41) is 9.94. The summed E-state index contributed by atoms with van der Waals surface area (Å²) in [5.41, 5.74) is 1.14. The molecule has 3 nitrogen and oxygen atoms in total. The van der Waals surface area contributed by atoms with Crippen LogP contribution < -0.4 is 4.74 Å². The van der Waals surface area contributed by atoms with Gasteiger partial charge in [-0.15, -0.1) is 0 Å². The molecule has 1 saturated carbocycles. The molecule has 3 rings (SSSR count). The Balaban J connectivity index is 1.81. The molecule has 0 bridgehead atoms. The largest absolute Gasteiger partial charge is 0.497 e. The first kappa shape index (κ1) is 12.9. The second kappa shape index (κ2) is 5.14. The maximum absolute atomic E-state index is 9.94. The van der Waals surface area contributed by atoms with E-state index in [1.54, 1.807) is 7.11 Å². The summed E-state index contributed by atoms with van der Waals surface area (Å²) in [4.78, 5) is 0. The van der Waals surface area contributed by atoms with Crippen LogP contribution >= 0.6 is 0 Å². The molecule has 1 saturated heterocycles. The van der Waals surface area contributed by atoms with Crippen molar-refractivity contribution in [1.29, 1.82) is 0 Å². The van der Waals surface area contributed by atoms with Crippen molar-refractivity contribution in [2.45, 2.75) is 31.8 Å². The summed E-state index contributed by atoms with van der Waals surface area (Å²) >= 11 is 0. The van der Waals surface area contributed by atoms with E-state index < -0.39 is 0 Å². The fraction of sp³-hybridized carbons (Fsp3) is 0.625. The quantitative estimate of drug-likeness (QED) is 0.885. The van der Waals surface area contributed by atoms with Crippen LogP contribution in [-0.2, 0) is 11.2 Å². The number of ether oxygens (including phenoxy) is 2. The van der Waals surface area contributed by atoms with Gasteiger partial charge in [-0.3, -0.25) is 0 Å². The molecule has 1 aromatic carbocycles. The first-order chi connectivity index (χ1) is 9.27.